The third-order valence-electron chi connectivity index (χ3n) is 3.71. The van der Waals surface area contributed by atoms with Gasteiger partial charge in [0.1, 0.15) is 5.75 Å². The summed E-state index contributed by atoms with van der Waals surface area (Å²) >= 11 is 0. The van der Waals surface area contributed by atoms with Crippen molar-refractivity contribution in [2.45, 2.75) is 19.5 Å². The van der Waals surface area contributed by atoms with Gasteiger partial charge in [-0.1, -0.05) is 12.1 Å². The van der Waals surface area contributed by atoms with Crippen LogP contribution < -0.4 is 15.4 Å². The van der Waals surface area contributed by atoms with Crippen LogP contribution in [0.15, 0.2) is 48.5 Å². The lowest BCUT2D eigenvalue weighted by Gasteiger charge is -2.11. The summed E-state index contributed by atoms with van der Waals surface area (Å²) in [6.45, 7) is -3.01. The summed E-state index contributed by atoms with van der Waals surface area (Å²) in [6.07, 6.45) is 1.83. The Hall–Kier alpha value is -2.96. The van der Waals surface area contributed by atoms with Crippen LogP contribution in [0.1, 0.15) is 23.2 Å². The van der Waals surface area contributed by atoms with Crippen molar-refractivity contribution in [1.29, 1.82) is 0 Å². The van der Waals surface area contributed by atoms with Gasteiger partial charge in [-0.25, -0.2) is 0 Å². The van der Waals surface area contributed by atoms with E-state index in [0.717, 1.165) is 12.8 Å². The summed E-state index contributed by atoms with van der Waals surface area (Å²) in [5.41, 5.74) is 1.12. The Kier molecular flexibility index (Phi) is 4.92. The minimum Gasteiger partial charge on any atom is -0.434 e. The average Bonchev–Trinajstić information content (AvgIpc) is 3.41. The summed E-state index contributed by atoms with van der Waals surface area (Å²) in [4.78, 5) is 24.0. The first-order valence-corrected chi connectivity index (χ1v) is 7.79. The van der Waals surface area contributed by atoms with E-state index in [9.17, 15) is 18.4 Å². The normalized spacial score (nSPS) is 13.4. The van der Waals surface area contributed by atoms with Gasteiger partial charge in [-0.15, -0.1) is 0 Å². The standard InChI is InChI=1S/C18H16F2N2O3/c19-18(20)25-15-4-2-1-3-14(15)17(24)22-13-9-7-12(8-10-13)21-16(23)11-5-6-11/h1-4,7-11,18H,5-6H2,(H,21,23)(H,22,24). The highest BCUT2D eigenvalue weighted by Gasteiger charge is 2.29. The lowest BCUT2D eigenvalue weighted by molar-refractivity contribution is -0.117. The average molecular weight is 346 g/mol. The Labute approximate surface area is 143 Å². The van der Waals surface area contributed by atoms with Crippen LogP contribution >= 0.6 is 0 Å². The Morgan fingerprint density at radius 2 is 1.56 bits per heavy atom. The van der Waals surface area contributed by atoms with Gasteiger partial charge in [0.15, 0.2) is 0 Å². The van der Waals surface area contributed by atoms with Crippen molar-refractivity contribution < 1.29 is 23.1 Å². The molecule has 130 valence electrons. The maximum Gasteiger partial charge on any atom is 0.387 e. The molecule has 0 unspecified atom stereocenters. The van der Waals surface area contributed by atoms with Crippen LogP contribution in [0.25, 0.3) is 0 Å². The predicted octanol–water partition coefficient (Wildman–Crippen LogP) is 3.89. The number of rotatable bonds is 6. The zero-order valence-corrected chi connectivity index (χ0v) is 13.2. The summed E-state index contributed by atoms with van der Waals surface area (Å²) in [5, 5.41) is 5.40. The molecule has 2 amide bonds. The number of carbonyl (C=O) groups excluding carboxylic acids is 2. The smallest absolute Gasteiger partial charge is 0.387 e. The molecule has 5 nitrogen and oxygen atoms in total. The number of alkyl halides is 2. The zero-order valence-electron chi connectivity index (χ0n) is 13.2. The van der Waals surface area contributed by atoms with Gasteiger partial charge in [0.2, 0.25) is 5.91 Å². The number of benzene rings is 2. The summed E-state index contributed by atoms with van der Waals surface area (Å²) < 4.78 is 29.2. The second-order valence-corrected chi connectivity index (χ2v) is 5.67. The third-order valence-corrected chi connectivity index (χ3v) is 3.71. The topological polar surface area (TPSA) is 67.4 Å². The first kappa shape index (κ1) is 16.9. The van der Waals surface area contributed by atoms with E-state index in [2.05, 4.69) is 15.4 Å². The number of halogens is 2. The van der Waals surface area contributed by atoms with Gasteiger partial charge in [0, 0.05) is 17.3 Å². The minimum absolute atomic E-state index is 0.00476. The van der Waals surface area contributed by atoms with Crippen molar-refractivity contribution in [2.75, 3.05) is 10.6 Å². The molecule has 0 bridgehead atoms. The van der Waals surface area contributed by atoms with Crippen LogP contribution in [-0.4, -0.2) is 18.4 Å². The Morgan fingerprint density at radius 3 is 2.16 bits per heavy atom. The van der Waals surface area contributed by atoms with Crippen LogP contribution in [0, 0.1) is 5.92 Å². The molecule has 0 atom stereocenters. The van der Waals surface area contributed by atoms with Gasteiger partial charge in [0.05, 0.1) is 5.56 Å². The van der Waals surface area contributed by atoms with Crippen molar-refractivity contribution in [3.05, 3.63) is 54.1 Å². The number of hydrogen-bond acceptors (Lipinski definition) is 3. The molecule has 2 aromatic carbocycles. The summed E-state index contributed by atoms with van der Waals surface area (Å²) in [5.74, 6) is -0.657. The quantitative estimate of drug-likeness (QED) is 0.834. The Balaban J connectivity index is 1.65. The van der Waals surface area contributed by atoms with E-state index in [-0.39, 0.29) is 23.1 Å². The van der Waals surface area contributed by atoms with Gasteiger partial charge in [-0.05, 0) is 49.2 Å². The molecule has 1 aliphatic rings. The van der Waals surface area contributed by atoms with E-state index in [1.54, 1.807) is 30.3 Å². The van der Waals surface area contributed by atoms with E-state index in [4.69, 9.17) is 0 Å². The highest BCUT2D eigenvalue weighted by Crippen LogP contribution is 2.30. The number of amides is 2. The van der Waals surface area contributed by atoms with Crippen molar-refractivity contribution in [3.63, 3.8) is 0 Å². The predicted molar refractivity (Wildman–Crippen MR) is 88.8 cm³/mol. The summed E-state index contributed by atoms with van der Waals surface area (Å²) in [7, 11) is 0. The molecule has 0 radical (unpaired) electrons. The number of carbonyl (C=O) groups is 2. The first-order valence-electron chi connectivity index (χ1n) is 7.79. The van der Waals surface area contributed by atoms with Crippen molar-refractivity contribution in [3.8, 4) is 5.75 Å². The molecule has 0 aromatic heterocycles. The van der Waals surface area contributed by atoms with Crippen molar-refractivity contribution in [2.24, 2.45) is 5.92 Å². The number of hydrogen-bond donors (Lipinski definition) is 2. The van der Waals surface area contributed by atoms with E-state index >= 15 is 0 Å². The molecular formula is C18H16F2N2O3. The first-order chi connectivity index (χ1) is 12.0. The third kappa shape index (κ3) is 4.53. The van der Waals surface area contributed by atoms with Gasteiger partial charge in [-0.2, -0.15) is 8.78 Å². The van der Waals surface area contributed by atoms with Crippen LogP contribution in [0.3, 0.4) is 0 Å². The summed E-state index contributed by atoms with van der Waals surface area (Å²) in [6, 6.07) is 12.3. The maximum atomic E-state index is 12.4. The second kappa shape index (κ2) is 7.29. The molecule has 25 heavy (non-hydrogen) atoms. The van der Waals surface area contributed by atoms with E-state index in [1.807, 2.05) is 0 Å². The Bertz CT molecular complexity index is 774. The highest BCUT2D eigenvalue weighted by atomic mass is 19.3. The molecular weight excluding hydrogens is 330 g/mol. The monoisotopic (exact) mass is 346 g/mol. The van der Waals surface area contributed by atoms with Crippen LogP contribution in [0.5, 0.6) is 5.75 Å². The van der Waals surface area contributed by atoms with Gasteiger partial charge in [-0.3, -0.25) is 9.59 Å². The minimum atomic E-state index is -3.01. The van der Waals surface area contributed by atoms with E-state index in [0.29, 0.717) is 11.4 Å². The zero-order chi connectivity index (χ0) is 17.8. The second-order valence-electron chi connectivity index (χ2n) is 5.67. The van der Waals surface area contributed by atoms with Gasteiger partial charge in [0.25, 0.3) is 5.91 Å². The number of nitrogens with one attached hydrogen (secondary N) is 2. The molecule has 1 saturated carbocycles. The fraction of sp³-hybridized carbons (Fsp3) is 0.222. The largest absolute Gasteiger partial charge is 0.434 e. The fourth-order valence-electron chi connectivity index (χ4n) is 2.28. The lowest BCUT2D eigenvalue weighted by Crippen LogP contribution is -2.15. The molecule has 2 N–H and O–H groups in total. The molecule has 2 aromatic rings. The maximum absolute atomic E-state index is 12.4. The van der Waals surface area contributed by atoms with Crippen LogP contribution in [-0.2, 0) is 4.79 Å². The van der Waals surface area contributed by atoms with Gasteiger partial charge >= 0.3 is 6.61 Å². The van der Waals surface area contributed by atoms with Crippen molar-refractivity contribution in [1.82, 2.24) is 0 Å². The number of ether oxygens (including phenoxy) is 1. The molecule has 3 rings (SSSR count). The van der Waals surface area contributed by atoms with Crippen molar-refractivity contribution >= 4 is 23.2 Å². The SMILES string of the molecule is O=C(Nc1ccc(NC(=O)C2CC2)cc1)c1ccccc1OC(F)F. The molecule has 7 heteroatoms. The molecule has 0 aliphatic heterocycles. The van der Waals surface area contributed by atoms with Crippen LogP contribution in [0.4, 0.5) is 20.2 Å². The molecule has 0 heterocycles. The van der Waals surface area contributed by atoms with Gasteiger partial charge < -0.3 is 15.4 Å². The Morgan fingerprint density at radius 1 is 0.960 bits per heavy atom. The molecule has 0 saturated heterocycles. The fourth-order valence-corrected chi connectivity index (χ4v) is 2.28. The number of para-hydroxylation sites is 1. The van der Waals surface area contributed by atoms with E-state index < -0.39 is 12.5 Å². The molecule has 0 spiro atoms. The number of anilines is 2. The lowest BCUT2D eigenvalue weighted by atomic mass is 10.2. The molecule has 1 aliphatic carbocycles. The van der Waals surface area contributed by atoms with Crippen LogP contribution in [0.2, 0.25) is 0 Å². The highest BCUT2D eigenvalue weighted by molar-refractivity contribution is 6.06. The van der Waals surface area contributed by atoms with E-state index in [1.165, 1.54) is 18.2 Å². The molecule has 1 fully saturated rings.